The van der Waals surface area contributed by atoms with E-state index in [1.54, 1.807) is 0 Å². The third-order valence-corrected chi connectivity index (χ3v) is 3.63. The third kappa shape index (κ3) is 1.95. The fraction of sp³-hybridized carbons (Fsp3) is 0.222. The van der Waals surface area contributed by atoms with Gasteiger partial charge in [-0.3, -0.25) is 4.79 Å². The third-order valence-electron chi connectivity index (χ3n) is 2.06. The summed E-state index contributed by atoms with van der Waals surface area (Å²) >= 11 is -1.66. The predicted octanol–water partition coefficient (Wildman–Crippen LogP) is 0.918. The molecule has 1 N–H and O–H groups in total. The summed E-state index contributed by atoms with van der Waals surface area (Å²) in [6.45, 7) is 0. The van der Waals surface area contributed by atoms with E-state index in [1.807, 2.05) is 0 Å². The van der Waals surface area contributed by atoms with Crippen molar-refractivity contribution in [2.45, 2.75) is 16.7 Å². The minimum atomic E-state index is -1.66. The first-order chi connectivity index (χ1) is 7.08. The average molecular weight is 231 g/mol. The Bertz CT molecular complexity index is 405. The Labute approximate surface area is 87.7 Å². The van der Waals surface area contributed by atoms with Crippen molar-refractivity contribution in [3.05, 3.63) is 29.8 Å². The van der Waals surface area contributed by atoms with Crippen molar-refractivity contribution in [3.8, 4) is 0 Å². The smallest absolute Gasteiger partial charge is 0.230 e. The van der Waals surface area contributed by atoms with Crippen LogP contribution in [0.15, 0.2) is 23.1 Å². The molecule has 0 bridgehead atoms. The van der Waals surface area contributed by atoms with Crippen LogP contribution in [0.25, 0.3) is 0 Å². The van der Waals surface area contributed by atoms with Crippen molar-refractivity contribution >= 4 is 17.1 Å². The highest BCUT2D eigenvalue weighted by atomic mass is 32.2. The van der Waals surface area contributed by atoms with Gasteiger partial charge in [-0.15, -0.1) is 0 Å². The summed E-state index contributed by atoms with van der Waals surface area (Å²) in [6.07, 6.45) is 0.115. The summed E-state index contributed by atoms with van der Waals surface area (Å²) in [6, 6.07) is 2.84. The molecule has 0 aliphatic carbocycles. The van der Waals surface area contributed by atoms with Gasteiger partial charge >= 0.3 is 0 Å². The zero-order valence-corrected chi connectivity index (χ0v) is 8.31. The van der Waals surface area contributed by atoms with E-state index < -0.39 is 28.2 Å². The van der Waals surface area contributed by atoms with Gasteiger partial charge in [0.25, 0.3) is 0 Å². The van der Waals surface area contributed by atoms with E-state index in [0.717, 1.165) is 12.1 Å². The largest absolute Gasteiger partial charge is 0.610 e. The molecule has 0 saturated carbocycles. The quantitative estimate of drug-likeness (QED) is 0.607. The van der Waals surface area contributed by atoms with Gasteiger partial charge in [0.05, 0.1) is 6.42 Å². The minimum absolute atomic E-state index is 0.0820. The monoisotopic (exact) mass is 231 g/mol. The SMILES string of the molecule is O=C1CC([S+]([O-])c2ccc(F)cc2F)N1. The normalized spacial score (nSPS) is 21.8. The summed E-state index contributed by atoms with van der Waals surface area (Å²) in [7, 11) is 0. The highest BCUT2D eigenvalue weighted by Crippen LogP contribution is 2.24. The first-order valence-electron chi connectivity index (χ1n) is 4.23. The predicted molar refractivity (Wildman–Crippen MR) is 49.3 cm³/mol. The number of amides is 1. The summed E-state index contributed by atoms with van der Waals surface area (Å²) in [5.74, 6) is -1.78. The van der Waals surface area contributed by atoms with Gasteiger partial charge in [0.15, 0.2) is 10.7 Å². The molecule has 0 radical (unpaired) electrons. The van der Waals surface area contributed by atoms with Crippen LogP contribution in [-0.2, 0) is 16.0 Å². The molecular weight excluding hydrogens is 224 g/mol. The van der Waals surface area contributed by atoms with Crippen molar-refractivity contribution in [1.82, 2.24) is 5.32 Å². The highest BCUT2D eigenvalue weighted by Gasteiger charge is 2.38. The van der Waals surface area contributed by atoms with Gasteiger partial charge < -0.3 is 9.87 Å². The Morgan fingerprint density at radius 3 is 2.67 bits per heavy atom. The molecule has 1 fully saturated rings. The number of nitrogens with one attached hydrogen (secondary N) is 1. The Morgan fingerprint density at radius 2 is 2.13 bits per heavy atom. The molecule has 1 aromatic rings. The fourth-order valence-electron chi connectivity index (χ4n) is 1.25. The molecule has 1 aliphatic rings. The van der Waals surface area contributed by atoms with Crippen LogP contribution < -0.4 is 5.32 Å². The number of hydrogen-bond donors (Lipinski definition) is 1. The lowest BCUT2D eigenvalue weighted by Gasteiger charge is -2.28. The second-order valence-electron chi connectivity index (χ2n) is 3.13. The molecule has 2 rings (SSSR count). The van der Waals surface area contributed by atoms with Gasteiger partial charge in [0.2, 0.25) is 11.3 Å². The average Bonchev–Trinajstić information content (AvgIpc) is 2.12. The van der Waals surface area contributed by atoms with Gasteiger partial charge in [0, 0.05) is 17.2 Å². The van der Waals surface area contributed by atoms with Crippen molar-refractivity contribution in [2.24, 2.45) is 0 Å². The summed E-state index contributed by atoms with van der Waals surface area (Å²) < 4.78 is 37.4. The molecule has 1 amide bonds. The Kier molecular flexibility index (Phi) is 2.62. The first-order valence-corrected chi connectivity index (χ1v) is 5.44. The van der Waals surface area contributed by atoms with Gasteiger partial charge in [-0.25, -0.2) is 8.78 Å². The van der Waals surface area contributed by atoms with Gasteiger partial charge in [0.1, 0.15) is 5.82 Å². The molecule has 1 aliphatic heterocycles. The van der Waals surface area contributed by atoms with Crippen LogP contribution >= 0.6 is 0 Å². The van der Waals surface area contributed by atoms with E-state index in [0.29, 0.717) is 6.07 Å². The standard InChI is InChI=1S/C9H7F2NO2S/c10-5-1-2-7(6(11)3-5)15(14)9-4-8(13)12-9/h1-3,9H,4H2,(H,12,13). The molecule has 1 heterocycles. The fourth-order valence-corrected chi connectivity index (χ4v) is 2.55. The lowest BCUT2D eigenvalue weighted by molar-refractivity contribution is -0.126. The van der Waals surface area contributed by atoms with E-state index in [4.69, 9.17) is 0 Å². The second-order valence-corrected chi connectivity index (χ2v) is 4.74. The second kappa shape index (κ2) is 3.79. The van der Waals surface area contributed by atoms with Crippen LogP contribution in [0.4, 0.5) is 8.78 Å². The van der Waals surface area contributed by atoms with Crippen molar-refractivity contribution < 1.29 is 18.1 Å². The lowest BCUT2D eigenvalue weighted by atomic mass is 10.3. The number of β-lactam (4-membered cyclic amide) rings is 1. The molecule has 2 unspecified atom stereocenters. The lowest BCUT2D eigenvalue weighted by Crippen LogP contribution is -2.53. The summed E-state index contributed by atoms with van der Waals surface area (Å²) in [4.78, 5) is 10.5. The van der Waals surface area contributed by atoms with E-state index in [-0.39, 0.29) is 17.2 Å². The Hall–Kier alpha value is -1.14. The first kappa shape index (κ1) is 10.4. The van der Waals surface area contributed by atoms with Crippen LogP contribution in [-0.4, -0.2) is 15.8 Å². The highest BCUT2D eigenvalue weighted by molar-refractivity contribution is 7.92. The van der Waals surface area contributed by atoms with E-state index in [2.05, 4.69) is 5.32 Å². The number of carbonyl (C=O) groups excluding carboxylic acids is 1. The molecule has 0 spiro atoms. The number of halogens is 2. The maximum Gasteiger partial charge on any atom is 0.230 e. The van der Waals surface area contributed by atoms with E-state index >= 15 is 0 Å². The Morgan fingerprint density at radius 1 is 1.47 bits per heavy atom. The molecule has 80 valence electrons. The maximum absolute atomic E-state index is 13.2. The zero-order valence-electron chi connectivity index (χ0n) is 7.50. The van der Waals surface area contributed by atoms with Gasteiger partial charge in [-0.1, -0.05) is 0 Å². The number of benzene rings is 1. The van der Waals surface area contributed by atoms with Crippen molar-refractivity contribution in [1.29, 1.82) is 0 Å². The molecule has 2 atom stereocenters. The number of rotatable bonds is 2. The maximum atomic E-state index is 13.2. The van der Waals surface area contributed by atoms with Crippen LogP contribution in [0.3, 0.4) is 0 Å². The van der Waals surface area contributed by atoms with Gasteiger partial charge in [-0.2, -0.15) is 0 Å². The summed E-state index contributed by atoms with van der Waals surface area (Å²) in [5.41, 5.74) is 0. The molecule has 1 aromatic carbocycles. The van der Waals surface area contributed by atoms with Crippen molar-refractivity contribution in [3.63, 3.8) is 0 Å². The topological polar surface area (TPSA) is 52.2 Å². The minimum Gasteiger partial charge on any atom is -0.610 e. The van der Waals surface area contributed by atoms with Crippen LogP contribution in [0.5, 0.6) is 0 Å². The summed E-state index contributed by atoms with van der Waals surface area (Å²) in [5, 5.41) is 1.83. The van der Waals surface area contributed by atoms with Crippen molar-refractivity contribution in [2.75, 3.05) is 0 Å². The molecule has 6 heteroatoms. The Balaban J connectivity index is 2.18. The molecule has 0 aromatic heterocycles. The zero-order chi connectivity index (χ0) is 11.0. The van der Waals surface area contributed by atoms with Crippen LogP contribution in [0.2, 0.25) is 0 Å². The molecule has 15 heavy (non-hydrogen) atoms. The van der Waals surface area contributed by atoms with Gasteiger partial charge in [-0.05, 0) is 12.1 Å². The van der Waals surface area contributed by atoms with Crippen LogP contribution in [0, 0.1) is 11.6 Å². The molecule has 3 nitrogen and oxygen atoms in total. The van der Waals surface area contributed by atoms with Crippen LogP contribution in [0.1, 0.15) is 6.42 Å². The van der Waals surface area contributed by atoms with E-state index in [1.165, 1.54) is 0 Å². The molecular formula is C9H7F2NO2S. The number of carbonyl (C=O) groups is 1. The van der Waals surface area contributed by atoms with E-state index in [9.17, 15) is 18.1 Å². The number of hydrogen-bond acceptors (Lipinski definition) is 2. The molecule has 1 saturated heterocycles.